The molecule has 0 amide bonds. The highest BCUT2D eigenvalue weighted by Gasteiger charge is 2.38. The van der Waals surface area contributed by atoms with Gasteiger partial charge in [-0.1, -0.05) is 0 Å². The third kappa shape index (κ3) is 2.14. The highest BCUT2D eigenvalue weighted by atomic mass is 32.2. The number of ether oxygens (including phenoxy) is 1. The summed E-state index contributed by atoms with van der Waals surface area (Å²) >= 11 is 1.61. The van der Waals surface area contributed by atoms with Crippen LogP contribution in [0.3, 0.4) is 0 Å². The molecule has 0 radical (unpaired) electrons. The summed E-state index contributed by atoms with van der Waals surface area (Å²) in [5.74, 6) is 1.05. The quantitative estimate of drug-likeness (QED) is 0.654. The fourth-order valence-electron chi connectivity index (χ4n) is 1.21. The normalized spacial score (nSPS) is 29.8. The van der Waals surface area contributed by atoms with E-state index in [1.165, 1.54) is 0 Å². The van der Waals surface area contributed by atoms with E-state index in [2.05, 4.69) is 0 Å². The molecule has 0 bridgehead atoms. The number of hydrogen-bond acceptors (Lipinski definition) is 4. The van der Waals surface area contributed by atoms with Crippen molar-refractivity contribution in [1.29, 1.82) is 0 Å². The Hall–Kier alpha value is -0.220. The van der Waals surface area contributed by atoms with Gasteiger partial charge in [0.15, 0.2) is 5.60 Å². The molecule has 1 fully saturated rings. The molecule has 1 unspecified atom stereocenters. The Labute approximate surface area is 76.5 Å². The van der Waals surface area contributed by atoms with Crippen LogP contribution in [0.1, 0.15) is 19.8 Å². The van der Waals surface area contributed by atoms with E-state index in [0.29, 0.717) is 18.8 Å². The molecule has 1 rings (SSSR count). The summed E-state index contributed by atoms with van der Waals surface area (Å²) < 4.78 is 4.78. The van der Waals surface area contributed by atoms with Crippen LogP contribution in [0, 0.1) is 0 Å². The third-order valence-electron chi connectivity index (χ3n) is 1.88. The molecular formula is C8H14O3S. The minimum atomic E-state index is -1.21. The van der Waals surface area contributed by atoms with Gasteiger partial charge in [-0.25, -0.2) is 4.79 Å². The number of rotatable bonds is 2. The molecule has 0 aliphatic carbocycles. The molecule has 1 aliphatic heterocycles. The molecule has 12 heavy (non-hydrogen) atoms. The predicted molar refractivity (Wildman–Crippen MR) is 48.1 cm³/mol. The van der Waals surface area contributed by atoms with E-state index >= 15 is 0 Å². The Morgan fingerprint density at radius 2 is 2.50 bits per heavy atom. The van der Waals surface area contributed by atoms with Crippen LogP contribution in [-0.4, -0.2) is 34.8 Å². The minimum absolute atomic E-state index is 0.339. The summed E-state index contributed by atoms with van der Waals surface area (Å²) in [5, 5.41) is 9.78. The van der Waals surface area contributed by atoms with E-state index in [9.17, 15) is 9.90 Å². The number of carbonyl (C=O) groups is 1. The first-order chi connectivity index (χ1) is 5.69. The molecule has 70 valence electrons. The van der Waals surface area contributed by atoms with Crippen LogP contribution >= 0.6 is 11.8 Å². The van der Waals surface area contributed by atoms with E-state index in [0.717, 1.165) is 12.2 Å². The molecule has 1 saturated heterocycles. The highest BCUT2D eigenvalue weighted by molar-refractivity contribution is 7.99. The van der Waals surface area contributed by atoms with Crippen LogP contribution < -0.4 is 0 Å². The first-order valence-electron chi connectivity index (χ1n) is 4.16. The van der Waals surface area contributed by atoms with Crippen LogP contribution in [0.2, 0.25) is 0 Å². The van der Waals surface area contributed by atoms with Crippen molar-refractivity contribution in [2.24, 2.45) is 0 Å². The number of carbonyl (C=O) groups excluding carboxylic acids is 1. The van der Waals surface area contributed by atoms with Crippen LogP contribution in [0.15, 0.2) is 0 Å². The predicted octanol–water partition coefficient (Wildman–Crippen LogP) is 0.808. The summed E-state index contributed by atoms with van der Waals surface area (Å²) in [6.07, 6.45) is 1.43. The topological polar surface area (TPSA) is 46.5 Å². The number of esters is 1. The van der Waals surface area contributed by atoms with E-state index in [1.54, 1.807) is 18.7 Å². The zero-order chi connectivity index (χ0) is 9.03. The van der Waals surface area contributed by atoms with Gasteiger partial charge in [0.2, 0.25) is 0 Å². The lowest BCUT2D eigenvalue weighted by atomic mass is 10.0. The van der Waals surface area contributed by atoms with Gasteiger partial charge in [0.1, 0.15) is 0 Å². The Morgan fingerprint density at radius 3 is 3.00 bits per heavy atom. The fourth-order valence-corrected chi connectivity index (χ4v) is 2.30. The number of thioether (sulfide) groups is 1. The molecule has 1 atom stereocenters. The van der Waals surface area contributed by atoms with Gasteiger partial charge in [-0.3, -0.25) is 0 Å². The minimum Gasteiger partial charge on any atom is -0.464 e. The standard InChI is InChI=1S/C8H14O3S/c1-2-11-7(9)8(10)4-3-5-12-6-8/h10H,2-6H2,1H3. The number of aliphatic hydroxyl groups is 1. The first-order valence-corrected chi connectivity index (χ1v) is 5.32. The Kier molecular flexibility index (Phi) is 3.40. The Morgan fingerprint density at radius 1 is 1.75 bits per heavy atom. The third-order valence-corrected chi connectivity index (χ3v) is 3.13. The maximum atomic E-state index is 11.2. The molecule has 0 aromatic carbocycles. The molecule has 0 saturated carbocycles. The van der Waals surface area contributed by atoms with Gasteiger partial charge in [0, 0.05) is 5.75 Å². The van der Waals surface area contributed by atoms with Gasteiger partial charge in [-0.15, -0.1) is 0 Å². The van der Waals surface area contributed by atoms with Crippen LogP contribution in [0.4, 0.5) is 0 Å². The smallest absolute Gasteiger partial charge is 0.338 e. The average molecular weight is 190 g/mol. The van der Waals surface area contributed by atoms with Crippen molar-refractivity contribution in [2.75, 3.05) is 18.1 Å². The summed E-state index contributed by atoms with van der Waals surface area (Å²) in [6, 6.07) is 0. The second-order valence-electron chi connectivity index (χ2n) is 2.91. The second-order valence-corrected chi connectivity index (χ2v) is 4.01. The van der Waals surface area contributed by atoms with Crippen molar-refractivity contribution in [2.45, 2.75) is 25.4 Å². The molecule has 1 aliphatic rings. The maximum absolute atomic E-state index is 11.2. The zero-order valence-electron chi connectivity index (χ0n) is 7.21. The van der Waals surface area contributed by atoms with Gasteiger partial charge in [0.25, 0.3) is 0 Å². The molecule has 0 spiro atoms. The molecule has 0 aromatic rings. The fraction of sp³-hybridized carbons (Fsp3) is 0.875. The van der Waals surface area contributed by atoms with Crippen molar-refractivity contribution in [3.63, 3.8) is 0 Å². The van der Waals surface area contributed by atoms with Crippen LogP contribution in [-0.2, 0) is 9.53 Å². The molecule has 4 heteroatoms. The molecule has 1 N–H and O–H groups in total. The highest BCUT2D eigenvalue weighted by Crippen LogP contribution is 2.27. The average Bonchev–Trinajstić information content (AvgIpc) is 2.06. The Balaban J connectivity index is 2.50. The lowest BCUT2D eigenvalue weighted by Gasteiger charge is -2.28. The summed E-state index contributed by atoms with van der Waals surface area (Å²) in [6.45, 7) is 2.09. The monoisotopic (exact) mass is 190 g/mol. The molecule has 3 nitrogen and oxygen atoms in total. The lowest BCUT2D eigenvalue weighted by molar-refractivity contribution is -0.163. The first kappa shape index (κ1) is 9.86. The van der Waals surface area contributed by atoms with Crippen LogP contribution in [0.5, 0.6) is 0 Å². The second kappa shape index (κ2) is 4.14. The van der Waals surface area contributed by atoms with E-state index in [1.807, 2.05) is 0 Å². The largest absolute Gasteiger partial charge is 0.464 e. The van der Waals surface area contributed by atoms with E-state index in [4.69, 9.17) is 4.74 Å². The van der Waals surface area contributed by atoms with Gasteiger partial charge >= 0.3 is 5.97 Å². The summed E-state index contributed by atoms with van der Waals surface area (Å²) in [5.41, 5.74) is -1.21. The van der Waals surface area contributed by atoms with Crippen molar-refractivity contribution in [3.05, 3.63) is 0 Å². The SMILES string of the molecule is CCOC(=O)C1(O)CCCSC1. The molecule has 1 heterocycles. The van der Waals surface area contributed by atoms with Gasteiger partial charge in [-0.05, 0) is 25.5 Å². The number of hydrogen-bond donors (Lipinski definition) is 1. The van der Waals surface area contributed by atoms with Crippen LogP contribution in [0.25, 0.3) is 0 Å². The zero-order valence-corrected chi connectivity index (χ0v) is 8.02. The van der Waals surface area contributed by atoms with Gasteiger partial charge < -0.3 is 9.84 Å². The van der Waals surface area contributed by atoms with Gasteiger partial charge in [0.05, 0.1) is 6.61 Å². The van der Waals surface area contributed by atoms with Crippen molar-refractivity contribution in [1.82, 2.24) is 0 Å². The van der Waals surface area contributed by atoms with E-state index in [-0.39, 0.29) is 0 Å². The summed E-state index contributed by atoms with van der Waals surface area (Å²) in [4.78, 5) is 11.2. The van der Waals surface area contributed by atoms with Crippen molar-refractivity contribution in [3.8, 4) is 0 Å². The molecular weight excluding hydrogens is 176 g/mol. The summed E-state index contributed by atoms with van der Waals surface area (Å²) in [7, 11) is 0. The van der Waals surface area contributed by atoms with Crippen molar-refractivity contribution < 1.29 is 14.6 Å². The Bertz CT molecular complexity index is 164. The maximum Gasteiger partial charge on any atom is 0.338 e. The van der Waals surface area contributed by atoms with Gasteiger partial charge in [-0.2, -0.15) is 11.8 Å². The lowest BCUT2D eigenvalue weighted by Crippen LogP contribution is -2.44. The molecule has 0 aromatic heterocycles. The van der Waals surface area contributed by atoms with E-state index < -0.39 is 11.6 Å². The van der Waals surface area contributed by atoms with Crippen molar-refractivity contribution >= 4 is 17.7 Å².